The van der Waals surface area contributed by atoms with Gasteiger partial charge in [-0.3, -0.25) is 4.79 Å². The lowest BCUT2D eigenvalue weighted by Crippen LogP contribution is -2.50. The summed E-state index contributed by atoms with van der Waals surface area (Å²) in [7, 11) is 3.27. The van der Waals surface area contributed by atoms with Crippen molar-refractivity contribution in [3.63, 3.8) is 0 Å². The fraction of sp³-hybridized carbons (Fsp3) is 0.286. The molecule has 5 N–H and O–H groups in total. The van der Waals surface area contributed by atoms with Crippen molar-refractivity contribution in [2.75, 3.05) is 14.2 Å². The van der Waals surface area contributed by atoms with Crippen LogP contribution >= 0.6 is 0 Å². The zero-order valence-corrected chi connectivity index (χ0v) is 26.1. The lowest BCUT2D eigenvalue weighted by atomic mass is 10.0. The number of H-pyrrole nitrogens is 2. The summed E-state index contributed by atoms with van der Waals surface area (Å²) in [6.07, 6.45) is 5.95. The van der Waals surface area contributed by atoms with Gasteiger partial charge >= 0.3 is 0 Å². The minimum Gasteiger partial charge on any atom is -0.497 e. The van der Waals surface area contributed by atoms with E-state index in [1.807, 2.05) is 54.7 Å². The predicted octanol–water partition coefficient (Wildman–Crippen LogP) is 5.23. The molecule has 0 saturated carbocycles. The number of nitrogens with two attached hydrogens (primary N) is 1. The first-order valence-electron chi connectivity index (χ1n) is 15.1. The molecular weight excluding hydrogens is 566 g/mol. The number of fused-ring (bicyclic) bond motifs is 2. The van der Waals surface area contributed by atoms with Crippen LogP contribution in [0.4, 0.5) is 0 Å². The molecule has 0 saturated heterocycles. The van der Waals surface area contributed by atoms with Crippen molar-refractivity contribution in [3.8, 4) is 11.5 Å². The molecule has 10 heteroatoms. The molecule has 0 spiro atoms. The Hall–Kier alpha value is -5.09. The van der Waals surface area contributed by atoms with Crippen LogP contribution in [0.15, 0.2) is 79.1 Å². The normalized spacial score (nSPS) is 12.5. The molecule has 0 aliphatic rings. The molecular formula is C35H39N7O3. The molecule has 0 fully saturated rings. The average molecular weight is 606 g/mol. The summed E-state index contributed by atoms with van der Waals surface area (Å²) >= 11 is 0. The van der Waals surface area contributed by atoms with Crippen LogP contribution in [0.3, 0.4) is 0 Å². The van der Waals surface area contributed by atoms with E-state index in [1.54, 1.807) is 28.1 Å². The van der Waals surface area contributed by atoms with E-state index in [0.717, 1.165) is 39.8 Å². The maximum absolute atomic E-state index is 13.4. The smallest absolute Gasteiger partial charge is 0.240 e. The second kappa shape index (κ2) is 12.5. The van der Waals surface area contributed by atoms with E-state index in [9.17, 15) is 4.79 Å². The van der Waals surface area contributed by atoms with Crippen molar-refractivity contribution in [2.45, 2.75) is 51.2 Å². The van der Waals surface area contributed by atoms with Gasteiger partial charge in [0.15, 0.2) is 5.82 Å². The van der Waals surface area contributed by atoms with Crippen LogP contribution in [0.5, 0.6) is 11.5 Å². The van der Waals surface area contributed by atoms with Crippen molar-refractivity contribution in [1.82, 2.24) is 30.0 Å². The number of aromatic nitrogens is 5. The van der Waals surface area contributed by atoms with Gasteiger partial charge in [0.25, 0.3) is 0 Å². The number of rotatable bonds is 12. The molecule has 6 rings (SSSR count). The van der Waals surface area contributed by atoms with E-state index in [2.05, 4.69) is 44.2 Å². The number of nitrogens with zero attached hydrogens (tertiary/aromatic N) is 3. The fourth-order valence-corrected chi connectivity index (χ4v) is 5.76. The Labute approximate surface area is 262 Å². The summed E-state index contributed by atoms with van der Waals surface area (Å²) in [6, 6.07) is 21.7. The van der Waals surface area contributed by atoms with Gasteiger partial charge in [-0.05, 0) is 61.2 Å². The summed E-state index contributed by atoms with van der Waals surface area (Å²) in [4.78, 5) is 20.1. The summed E-state index contributed by atoms with van der Waals surface area (Å²) < 4.78 is 13.2. The summed E-state index contributed by atoms with van der Waals surface area (Å²) in [6.45, 7) is 3.85. The van der Waals surface area contributed by atoms with Crippen LogP contribution in [0, 0.1) is 0 Å². The van der Waals surface area contributed by atoms with Crippen LogP contribution < -0.4 is 20.5 Å². The minimum atomic E-state index is -1.08. The Balaban J connectivity index is 1.41. The Morgan fingerprint density at radius 1 is 0.889 bits per heavy atom. The standard InChI is InChI=1S/C35H39N7O3/c1-35(2,36)34(43)39-31(17-24-20-38-30-12-8-6-10-28(24)30)33-41-40-32(14-13-23-19-37-29-11-7-5-9-27(23)29)42(33)21-22-15-25(44-3)18-26(16-22)45-4/h5-12,15-16,18-20,31,37-38H,13-14,17,21,36H2,1-4H3,(H,39,43)/t31-/m1/s1. The second-order valence-corrected chi connectivity index (χ2v) is 12.0. The first kappa shape index (κ1) is 30.0. The van der Waals surface area contributed by atoms with Crippen molar-refractivity contribution >= 4 is 27.7 Å². The number of aryl methyl sites for hydroxylation is 2. The number of para-hydroxylation sites is 2. The van der Waals surface area contributed by atoms with Gasteiger partial charge in [-0.2, -0.15) is 0 Å². The highest BCUT2D eigenvalue weighted by Gasteiger charge is 2.30. The highest BCUT2D eigenvalue weighted by atomic mass is 16.5. The third-order valence-electron chi connectivity index (χ3n) is 8.20. The van der Waals surface area contributed by atoms with Crippen molar-refractivity contribution in [1.29, 1.82) is 0 Å². The van der Waals surface area contributed by atoms with E-state index >= 15 is 0 Å². The van der Waals surface area contributed by atoms with Gasteiger partial charge in [0.1, 0.15) is 17.3 Å². The molecule has 10 nitrogen and oxygen atoms in total. The maximum atomic E-state index is 13.4. The molecule has 3 heterocycles. The number of carbonyl (C=O) groups is 1. The van der Waals surface area contributed by atoms with E-state index in [0.29, 0.717) is 36.7 Å². The summed E-state index contributed by atoms with van der Waals surface area (Å²) in [5.74, 6) is 2.56. The zero-order valence-electron chi connectivity index (χ0n) is 26.1. The summed E-state index contributed by atoms with van der Waals surface area (Å²) in [5, 5.41) is 14.9. The van der Waals surface area contributed by atoms with Crippen molar-refractivity contribution < 1.29 is 14.3 Å². The third kappa shape index (κ3) is 6.41. The largest absolute Gasteiger partial charge is 0.497 e. The first-order chi connectivity index (χ1) is 21.7. The third-order valence-corrected chi connectivity index (χ3v) is 8.20. The number of carbonyl (C=O) groups excluding carboxylic acids is 1. The van der Waals surface area contributed by atoms with Crippen LogP contribution in [0.2, 0.25) is 0 Å². The molecule has 0 unspecified atom stereocenters. The van der Waals surface area contributed by atoms with Crippen molar-refractivity contribution in [2.24, 2.45) is 5.73 Å². The number of methoxy groups -OCH3 is 2. The van der Waals surface area contributed by atoms with Gasteiger partial charge in [-0.1, -0.05) is 36.4 Å². The van der Waals surface area contributed by atoms with Gasteiger partial charge in [-0.25, -0.2) is 0 Å². The molecule has 232 valence electrons. The highest BCUT2D eigenvalue weighted by molar-refractivity contribution is 5.86. The minimum absolute atomic E-state index is 0.273. The molecule has 3 aromatic heterocycles. The first-order valence-corrected chi connectivity index (χ1v) is 15.1. The zero-order chi connectivity index (χ0) is 31.6. The molecule has 45 heavy (non-hydrogen) atoms. The van der Waals surface area contributed by atoms with Gasteiger partial charge in [0.2, 0.25) is 5.91 Å². The van der Waals surface area contributed by atoms with E-state index in [-0.39, 0.29) is 5.91 Å². The Morgan fingerprint density at radius 2 is 1.49 bits per heavy atom. The lowest BCUT2D eigenvalue weighted by molar-refractivity contribution is -0.126. The average Bonchev–Trinajstić information content (AvgIpc) is 3.76. The second-order valence-electron chi connectivity index (χ2n) is 12.0. The van der Waals surface area contributed by atoms with Gasteiger partial charge in [0.05, 0.1) is 32.3 Å². The molecule has 0 aliphatic heterocycles. The topological polar surface area (TPSA) is 136 Å². The predicted molar refractivity (Wildman–Crippen MR) is 176 cm³/mol. The number of ether oxygens (including phenoxy) is 2. The number of hydrogen-bond acceptors (Lipinski definition) is 6. The van der Waals surface area contributed by atoms with E-state index in [1.165, 1.54) is 10.9 Å². The molecule has 0 radical (unpaired) electrons. The Bertz CT molecular complexity index is 1920. The number of amides is 1. The van der Waals surface area contributed by atoms with Gasteiger partial charge in [-0.15, -0.1) is 10.2 Å². The molecule has 0 aliphatic carbocycles. The van der Waals surface area contributed by atoms with Crippen LogP contribution in [-0.4, -0.2) is 50.4 Å². The number of benzene rings is 3. The van der Waals surface area contributed by atoms with Crippen LogP contribution in [0.1, 0.15) is 48.2 Å². The number of nitrogens with one attached hydrogen (secondary N) is 3. The van der Waals surface area contributed by atoms with Gasteiger partial charge in [0, 0.05) is 53.1 Å². The Morgan fingerprint density at radius 3 is 2.11 bits per heavy atom. The Kier molecular flexibility index (Phi) is 8.32. The lowest BCUT2D eigenvalue weighted by Gasteiger charge is -2.25. The van der Waals surface area contributed by atoms with Gasteiger partial charge < -0.3 is 35.1 Å². The van der Waals surface area contributed by atoms with Crippen LogP contribution in [0.25, 0.3) is 21.8 Å². The fourth-order valence-electron chi connectivity index (χ4n) is 5.76. The number of hydrogen-bond donors (Lipinski definition) is 4. The molecule has 1 amide bonds. The summed E-state index contributed by atoms with van der Waals surface area (Å²) in [5.41, 5.74) is 10.5. The molecule has 1 atom stereocenters. The number of aromatic amines is 2. The molecule has 6 aromatic rings. The SMILES string of the molecule is COc1cc(Cn2c(CCc3c[nH]c4ccccc34)nnc2[C@@H](Cc2c[nH]c3ccccc23)NC(=O)C(C)(C)N)cc(OC)c1. The monoisotopic (exact) mass is 605 g/mol. The molecule has 0 bridgehead atoms. The van der Waals surface area contributed by atoms with Crippen molar-refractivity contribution in [3.05, 3.63) is 107 Å². The quantitative estimate of drug-likeness (QED) is 0.151. The molecule has 3 aromatic carbocycles. The maximum Gasteiger partial charge on any atom is 0.240 e. The highest BCUT2D eigenvalue weighted by Crippen LogP contribution is 2.28. The van der Waals surface area contributed by atoms with E-state index < -0.39 is 11.6 Å². The van der Waals surface area contributed by atoms with Crippen LogP contribution in [-0.2, 0) is 30.6 Å². The van der Waals surface area contributed by atoms with E-state index in [4.69, 9.17) is 25.4 Å².